The molecule has 2 aromatic carbocycles. The quantitative estimate of drug-likeness (QED) is 0.825. The lowest BCUT2D eigenvalue weighted by Crippen LogP contribution is -2.35. The average Bonchev–Trinajstić information content (AvgIpc) is 2.89. The van der Waals surface area contributed by atoms with E-state index in [4.69, 9.17) is 0 Å². The fourth-order valence-corrected chi connectivity index (χ4v) is 2.91. The van der Waals surface area contributed by atoms with E-state index < -0.39 is 0 Å². The Morgan fingerprint density at radius 2 is 1.52 bits per heavy atom. The Labute approximate surface area is 146 Å². The highest BCUT2D eigenvalue weighted by atomic mass is 16.2. The zero-order valence-corrected chi connectivity index (χ0v) is 14.1. The first-order valence-corrected chi connectivity index (χ1v) is 8.35. The number of rotatable bonds is 6. The molecule has 0 aromatic heterocycles. The van der Waals surface area contributed by atoms with Crippen LogP contribution in [-0.4, -0.2) is 35.7 Å². The summed E-state index contributed by atoms with van der Waals surface area (Å²) in [7, 11) is 0. The summed E-state index contributed by atoms with van der Waals surface area (Å²) in [6, 6.07) is 16.7. The van der Waals surface area contributed by atoms with E-state index in [9.17, 15) is 14.4 Å². The van der Waals surface area contributed by atoms with E-state index in [1.165, 1.54) is 0 Å². The molecule has 128 valence electrons. The number of hydrogen-bond donors (Lipinski definition) is 1. The lowest BCUT2D eigenvalue weighted by Gasteiger charge is -2.15. The maximum absolute atomic E-state index is 12.2. The zero-order chi connectivity index (χ0) is 17.8. The lowest BCUT2D eigenvalue weighted by molar-refractivity contribution is -0.121. The van der Waals surface area contributed by atoms with Gasteiger partial charge in [0.15, 0.2) is 0 Å². The largest absolute Gasteiger partial charge is 0.355 e. The van der Waals surface area contributed by atoms with Crippen LogP contribution in [0.15, 0.2) is 54.6 Å². The van der Waals surface area contributed by atoms with Gasteiger partial charge in [-0.2, -0.15) is 0 Å². The lowest BCUT2D eigenvalue weighted by atomic mass is 10.0. The van der Waals surface area contributed by atoms with Gasteiger partial charge in [-0.3, -0.25) is 19.3 Å². The predicted octanol–water partition coefficient (Wildman–Crippen LogP) is 2.59. The van der Waals surface area contributed by atoms with Crippen molar-refractivity contribution < 1.29 is 14.4 Å². The van der Waals surface area contributed by atoms with Crippen LogP contribution < -0.4 is 5.32 Å². The molecule has 0 spiro atoms. The van der Waals surface area contributed by atoms with Crippen molar-refractivity contribution in [3.05, 3.63) is 71.3 Å². The topological polar surface area (TPSA) is 66.5 Å². The number of nitrogens with one attached hydrogen (secondary N) is 1. The van der Waals surface area contributed by atoms with Crippen molar-refractivity contribution >= 4 is 17.7 Å². The third-order valence-electron chi connectivity index (χ3n) is 4.41. The molecule has 1 aliphatic heterocycles. The first-order valence-electron chi connectivity index (χ1n) is 8.35. The van der Waals surface area contributed by atoms with Crippen LogP contribution >= 0.6 is 0 Å². The number of carbonyl (C=O) groups is 3. The Balaban J connectivity index is 1.50. The van der Waals surface area contributed by atoms with Gasteiger partial charge >= 0.3 is 0 Å². The van der Waals surface area contributed by atoms with Gasteiger partial charge in [-0.05, 0) is 23.6 Å². The first-order chi connectivity index (χ1) is 12.1. The van der Waals surface area contributed by atoms with E-state index in [0.29, 0.717) is 17.7 Å². The van der Waals surface area contributed by atoms with Crippen molar-refractivity contribution in [3.8, 4) is 0 Å². The number of benzene rings is 2. The predicted molar refractivity (Wildman–Crippen MR) is 94.3 cm³/mol. The average molecular weight is 336 g/mol. The number of carbonyl (C=O) groups excluding carboxylic acids is 3. The Hall–Kier alpha value is -2.95. The molecular formula is C20H20N2O3. The summed E-state index contributed by atoms with van der Waals surface area (Å²) >= 11 is 0. The van der Waals surface area contributed by atoms with Crippen LogP contribution in [-0.2, 0) is 4.79 Å². The van der Waals surface area contributed by atoms with Gasteiger partial charge in [-0.1, -0.05) is 49.4 Å². The molecule has 3 amide bonds. The van der Waals surface area contributed by atoms with Crippen LogP contribution in [0, 0.1) is 0 Å². The van der Waals surface area contributed by atoms with Crippen molar-refractivity contribution in [2.75, 3.05) is 13.1 Å². The smallest absolute Gasteiger partial charge is 0.261 e. The van der Waals surface area contributed by atoms with Gasteiger partial charge in [0.05, 0.1) is 11.1 Å². The summed E-state index contributed by atoms with van der Waals surface area (Å²) in [5.74, 6) is -0.624. The Bertz CT molecular complexity index is 767. The van der Waals surface area contributed by atoms with Crippen LogP contribution in [0.2, 0.25) is 0 Å². The minimum absolute atomic E-state index is 0.0951. The molecule has 0 unspecified atom stereocenters. The standard InChI is InChI=1S/C20H20N2O3/c1-14(15-7-3-2-4-8-15)13-21-18(23)11-12-22-19(24)16-9-5-6-10-17(16)20(22)25/h2-10,14H,11-13H2,1H3,(H,21,23)/t14-/m1/s1. The third kappa shape index (κ3) is 3.60. The molecule has 25 heavy (non-hydrogen) atoms. The van der Waals surface area contributed by atoms with Crippen LogP contribution in [0.25, 0.3) is 0 Å². The fourth-order valence-electron chi connectivity index (χ4n) is 2.91. The summed E-state index contributed by atoms with van der Waals surface area (Å²) in [5, 5.41) is 2.87. The molecule has 1 atom stereocenters. The number of fused-ring (bicyclic) bond motifs is 1. The molecule has 1 heterocycles. The zero-order valence-electron chi connectivity index (χ0n) is 14.1. The molecule has 0 fully saturated rings. The van der Waals surface area contributed by atoms with Gasteiger partial charge < -0.3 is 5.32 Å². The van der Waals surface area contributed by atoms with Crippen molar-refractivity contribution in [1.29, 1.82) is 0 Å². The van der Waals surface area contributed by atoms with Gasteiger partial charge in [0, 0.05) is 19.5 Å². The molecule has 0 saturated heterocycles. The maximum atomic E-state index is 12.2. The Morgan fingerprint density at radius 3 is 2.12 bits per heavy atom. The minimum atomic E-state index is -0.328. The molecule has 0 aliphatic carbocycles. The highest BCUT2D eigenvalue weighted by Crippen LogP contribution is 2.22. The monoisotopic (exact) mass is 336 g/mol. The van der Waals surface area contributed by atoms with E-state index in [-0.39, 0.29) is 36.6 Å². The maximum Gasteiger partial charge on any atom is 0.261 e. The summed E-state index contributed by atoms with van der Waals surface area (Å²) in [6.07, 6.45) is 0.104. The number of imide groups is 1. The Kier molecular flexibility index (Phi) is 4.93. The highest BCUT2D eigenvalue weighted by molar-refractivity contribution is 6.21. The van der Waals surface area contributed by atoms with E-state index in [0.717, 1.165) is 10.5 Å². The van der Waals surface area contributed by atoms with E-state index >= 15 is 0 Å². The van der Waals surface area contributed by atoms with Crippen LogP contribution in [0.4, 0.5) is 0 Å². The molecule has 3 rings (SSSR count). The summed E-state index contributed by atoms with van der Waals surface area (Å²) in [5.41, 5.74) is 1.97. The Morgan fingerprint density at radius 1 is 0.960 bits per heavy atom. The van der Waals surface area contributed by atoms with E-state index in [2.05, 4.69) is 5.32 Å². The SMILES string of the molecule is C[C@H](CNC(=O)CCN1C(=O)c2ccccc2C1=O)c1ccccc1. The van der Waals surface area contributed by atoms with Crippen LogP contribution in [0.5, 0.6) is 0 Å². The normalized spacial score (nSPS) is 14.4. The molecule has 5 nitrogen and oxygen atoms in total. The van der Waals surface area contributed by atoms with E-state index in [1.54, 1.807) is 24.3 Å². The first kappa shape index (κ1) is 16.9. The van der Waals surface area contributed by atoms with Crippen molar-refractivity contribution in [1.82, 2.24) is 10.2 Å². The molecule has 2 aromatic rings. The molecule has 0 saturated carbocycles. The van der Waals surface area contributed by atoms with E-state index in [1.807, 2.05) is 37.3 Å². The number of nitrogens with zero attached hydrogens (tertiary/aromatic N) is 1. The minimum Gasteiger partial charge on any atom is -0.355 e. The summed E-state index contributed by atoms with van der Waals surface area (Å²) in [4.78, 5) is 37.7. The van der Waals surface area contributed by atoms with Gasteiger partial charge in [-0.25, -0.2) is 0 Å². The molecule has 0 radical (unpaired) electrons. The van der Waals surface area contributed by atoms with Crippen molar-refractivity contribution in [2.45, 2.75) is 19.3 Å². The number of amides is 3. The molecule has 1 aliphatic rings. The summed E-state index contributed by atoms with van der Waals surface area (Å²) in [6.45, 7) is 2.66. The summed E-state index contributed by atoms with van der Waals surface area (Å²) < 4.78 is 0. The molecule has 1 N–H and O–H groups in total. The van der Waals surface area contributed by atoms with Crippen LogP contribution in [0.3, 0.4) is 0 Å². The van der Waals surface area contributed by atoms with Gasteiger partial charge in [0.1, 0.15) is 0 Å². The number of hydrogen-bond acceptors (Lipinski definition) is 3. The fraction of sp³-hybridized carbons (Fsp3) is 0.250. The molecule has 0 bridgehead atoms. The van der Waals surface area contributed by atoms with Gasteiger partial charge in [-0.15, -0.1) is 0 Å². The highest BCUT2D eigenvalue weighted by Gasteiger charge is 2.34. The second-order valence-electron chi connectivity index (χ2n) is 6.17. The second-order valence-corrected chi connectivity index (χ2v) is 6.17. The second kappa shape index (κ2) is 7.30. The van der Waals surface area contributed by atoms with Gasteiger partial charge in [0.2, 0.25) is 5.91 Å². The van der Waals surface area contributed by atoms with Gasteiger partial charge in [0.25, 0.3) is 11.8 Å². The molecular weight excluding hydrogens is 316 g/mol. The third-order valence-corrected chi connectivity index (χ3v) is 4.41. The van der Waals surface area contributed by atoms with Crippen LogP contribution in [0.1, 0.15) is 45.5 Å². The molecule has 5 heteroatoms. The van der Waals surface area contributed by atoms with Crippen molar-refractivity contribution in [2.24, 2.45) is 0 Å². The van der Waals surface area contributed by atoms with Crippen molar-refractivity contribution in [3.63, 3.8) is 0 Å².